The number of rotatable bonds is 5. The first-order valence-electron chi connectivity index (χ1n) is 6.60. The lowest BCUT2D eigenvalue weighted by Gasteiger charge is -2.03. The summed E-state index contributed by atoms with van der Waals surface area (Å²) in [7, 11) is 0. The van der Waals surface area contributed by atoms with Gasteiger partial charge in [-0.3, -0.25) is 10.1 Å². The van der Waals surface area contributed by atoms with Crippen LogP contribution in [0.5, 0.6) is 0 Å². The largest absolute Gasteiger partial charge is 0.382 e. The molecule has 102 valence electrons. The Hall–Kier alpha value is -2.14. The number of H-pyrrole nitrogens is 1. The van der Waals surface area contributed by atoms with E-state index in [0.717, 1.165) is 36.1 Å². The van der Waals surface area contributed by atoms with Crippen LogP contribution in [0.2, 0.25) is 0 Å². The fraction of sp³-hybridized carbons (Fsp3) is 0.200. The van der Waals surface area contributed by atoms with Crippen molar-refractivity contribution in [2.75, 3.05) is 5.73 Å². The molecule has 0 aliphatic heterocycles. The van der Waals surface area contributed by atoms with Crippen LogP contribution in [0.3, 0.4) is 0 Å². The molecule has 0 saturated heterocycles. The van der Waals surface area contributed by atoms with Crippen LogP contribution in [0.15, 0.2) is 42.0 Å². The average molecular weight is 284 g/mol. The maximum Gasteiger partial charge on any atom is 0.153 e. The van der Waals surface area contributed by atoms with E-state index < -0.39 is 0 Å². The molecule has 0 spiro atoms. The van der Waals surface area contributed by atoms with Crippen LogP contribution in [-0.2, 0) is 12.8 Å². The Bertz CT molecular complexity index is 659. The predicted octanol–water partition coefficient (Wildman–Crippen LogP) is 3.29. The number of nitrogens with one attached hydrogen (secondary N) is 1. The van der Waals surface area contributed by atoms with Gasteiger partial charge in [0.25, 0.3) is 0 Å². The van der Waals surface area contributed by atoms with Crippen molar-refractivity contribution in [1.82, 2.24) is 15.2 Å². The van der Waals surface area contributed by atoms with Gasteiger partial charge in [-0.2, -0.15) is 5.10 Å². The van der Waals surface area contributed by atoms with Gasteiger partial charge in [-0.05, 0) is 36.8 Å². The Morgan fingerprint density at radius 3 is 2.90 bits per heavy atom. The van der Waals surface area contributed by atoms with Gasteiger partial charge in [-0.15, -0.1) is 11.3 Å². The second kappa shape index (κ2) is 5.88. The smallest absolute Gasteiger partial charge is 0.153 e. The second-order valence-corrected chi connectivity index (χ2v) is 5.67. The van der Waals surface area contributed by atoms with Crippen LogP contribution in [0, 0.1) is 0 Å². The number of nitrogens with zero attached hydrogens (tertiary/aromatic N) is 2. The van der Waals surface area contributed by atoms with E-state index >= 15 is 0 Å². The number of nitrogen functional groups attached to an aromatic ring is 1. The number of hydrogen-bond donors (Lipinski definition) is 2. The van der Waals surface area contributed by atoms with Gasteiger partial charge in [0.2, 0.25) is 0 Å². The maximum absolute atomic E-state index is 5.97. The molecule has 20 heavy (non-hydrogen) atoms. The van der Waals surface area contributed by atoms with Crippen molar-refractivity contribution in [1.29, 1.82) is 0 Å². The lowest BCUT2D eigenvalue weighted by atomic mass is 10.0. The van der Waals surface area contributed by atoms with E-state index in [1.54, 1.807) is 17.5 Å². The molecular formula is C15H16N4S. The van der Waals surface area contributed by atoms with Gasteiger partial charge in [-0.25, -0.2) is 0 Å². The van der Waals surface area contributed by atoms with Crippen molar-refractivity contribution >= 4 is 17.2 Å². The highest BCUT2D eigenvalue weighted by atomic mass is 32.1. The number of aromatic amines is 1. The summed E-state index contributed by atoms with van der Waals surface area (Å²) < 4.78 is 0. The van der Waals surface area contributed by atoms with Crippen molar-refractivity contribution in [3.63, 3.8) is 0 Å². The molecule has 3 N–H and O–H groups in total. The third kappa shape index (κ3) is 2.72. The standard InChI is InChI=1S/C15H16N4S/c16-15-14(11-4-2-8-17-10-11)13(18-19-15)7-1-5-12-6-3-9-20-12/h2-4,6,8-10H,1,5,7H2,(H3,16,18,19). The topological polar surface area (TPSA) is 67.6 Å². The Kier molecular flexibility index (Phi) is 3.78. The Morgan fingerprint density at radius 2 is 2.15 bits per heavy atom. The first kappa shape index (κ1) is 12.9. The van der Waals surface area contributed by atoms with E-state index in [9.17, 15) is 0 Å². The molecule has 0 bridgehead atoms. The van der Waals surface area contributed by atoms with Crippen molar-refractivity contribution in [3.8, 4) is 11.1 Å². The molecule has 0 unspecified atom stereocenters. The summed E-state index contributed by atoms with van der Waals surface area (Å²) in [6, 6.07) is 8.19. The molecule has 4 nitrogen and oxygen atoms in total. The predicted molar refractivity (Wildman–Crippen MR) is 82.6 cm³/mol. The first-order valence-corrected chi connectivity index (χ1v) is 7.48. The van der Waals surface area contributed by atoms with Gasteiger partial charge in [-0.1, -0.05) is 12.1 Å². The third-order valence-corrected chi connectivity index (χ3v) is 4.19. The van der Waals surface area contributed by atoms with Crippen molar-refractivity contribution in [3.05, 3.63) is 52.6 Å². The van der Waals surface area contributed by atoms with Crippen molar-refractivity contribution < 1.29 is 0 Å². The molecule has 5 heteroatoms. The maximum atomic E-state index is 5.97. The van der Waals surface area contributed by atoms with Crippen molar-refractivity contribution in [2.45, 2.75) is 19.3 Å². The molecule has 0 saturated carbocycles. The molecular weight excluding hydrogens is 268 g/mol. The third-order valence-electron chi connectivity index (χ3n) is 3.25. The summed E-state index contributed by atoms with van der Waals surface area (Å²) in [5.41, 5.74) is 9.07. The summed E-state index contributed by atoms with van der Waals surface area (Å²) in [6.07, 6.45) is 6.69. The van der Waals surface area contributed by atoms with E-state index in [1.165, 1.54) is 4.88 Å². The van der Waals surface area contributed by atoms with Gasteiger partial charge in [0.05, 0.1) is 0 Å². The number of anilines is 1. The quantitative estimate of drug-likeness (QED) is 0.755. The van der Waals surface area contributed by atoms with Gasteiger partial charge >= 0.3 is 0 Å². The summed E-state index contributed by atoms with van der Waals surface area (Å²) in [5.74, 6) is 0.545. The van der Waals surface area contributed by atoms with E-state index in [1.807, 2.05) is 18.3 Å². The van der Waals surface area contributed by atoms with Crippen LogP contribution < -0.4 is 5.73 Å². The van der Waals surface area contributed by atoms with Gasteiger partial charge in [0, 0.05) is 34.1 Å². The van der Waals surface area contributed by atoms with Crippen LogP contribution in [0.25, 0.3) is 11.1 Å². The normalized spacial score (nSPS) is 10.8. The van der Waals surface area contributed by atoms with Crippen LogP contribution in [0.1, 0.15) is 17.0 Å². The zero-order valence-corrected chi connectivity index (χ0v) is 11.9. The summed E-state index contributed by atoms with van der Waals surface area (Å²) in [4.78, 5) is 5.57. The lowest BCUT2D eigenvalue weighted by molar-refractivity contribution is 0.802. The molecule has 0 amide bonds. The zero-order chi connectivity index (χ0) is 13.8. The second-order valence-electron chi connectivity index (χ2n) is 4.64. The average Bonchev–Trinajstić information content (AvgIpc) is 3.10. The minimum atomic E-state index is 0.545. The molecule has 3 aromatic rings. The van der Waals surface area contributed by atoms with Gasteiger partial charge in [0.15, 0.2) is 5.82 Å². The minimum absolute atomic E-state index is 0.545. The Morgan fingerprint density at radius 1 is 1.20 bits per heavy atom. The molecule has 3 aromatic heterocycles. The molecule has 3 heterocycles. The molecule has 0 radical (unpaired) electrons. The molecule has 0 aliphatic rings. The fourth-order valence-corrected chi connectivity index (χ4v) is 3.05. The minimum Gasteiger partial charge on any atom is -0.382 e. The van der Waals surface area contributed by atoms with Crippen LogP contribution in [-0.4, -0.2) is 15.2 Å². The number of aromatic nitrogens is 3. The molecule has 0 aliphatic carbocycles. The van der Waals surface area contributed by atoms with E-state index in [0.29, 0.717) is 5.82 Å². The summed E-state index contributed by atoms with van der Waals surface area (Å²) in [6.45, 7) is 0. The number of hydrogen-bond acceptors (Lipinski definition) is 4. The SMILES string of the molecule is Nc1n[nH]c(CCCc2cccs2)c1-c1cccnc1. The molecule has 0 fully saturated rings. The number of aryl methyl sites for hydroxylation is 2. The lowest BCUT2D eigenvalue weighted by Crippen LogP contribution is -1.93. The Balaban J connectivity index is 1.74. The van der Waals surface area contributed by atoms with Crippen molar-refractivity contribution in [2.24, 2.45) is 0 Å². The molecule has 0 atom stereocenters. The van der Waals surface area contributed by atoms with Gasteiger partial charge in [0.1, 0.15) is 0 Å². The first-order chi connectivity index (χ1) is 9.84. The number of thiophene rings is 1. The Labute approximate surface area is 121 Å². The van der Waals surface area contributed by atoms with E-state index in [-0.39, 0.29) is 0 Å². The number of nitrogens with two attached hydrogens (primary N) is 1. The highest BCUT2D eigenvalue weighted by Gasteiger charge is 2.12. The van der Waals surface area contributed by atoms with E-state index in [2.05, 4.69) is 32.7 Å². The van der Waals surface area contributed by atoms with Gasteiger partial charge < -0.3 is 5.73 Å². The molecule has 0 aromatic carbocycles. The fourth-order valence-electron chi connectivity index (χ4n) is 2.30. The van der Waals surface area contributed by atoms with E-state index in [4.69, 9.17) is 5.73 Å². The summed E-state index contributed by atoms with van der Waals surface area (Å²) >= 11 is 1.80. The molecule has 3 rings (SSSR count). The highest BCUT2D eigenvalue weighted by Crippen LogP contribution is 2.28. The zero-order valence-electron chi connectivity index (χ0n) is 11.0. The highest BCUT2D eigenvalue weighted by molar-refractivity contribution is 7.09. The van der Waals surface area contributed by atoms with Crippen LogP contribution >= 0.6 is 11.3 Å². The number of pyridine rings is 1. The van der Waals surface area contributed by atoms with Crippen LogP contribution in [0.4, 0.5) is 5.82 Å². The monoisotopic (exact) mass is 284 g/mol. The summed E-state index contributed by atoms with van der Waals surface area (Å²) in [5, 5.41) is 9.31.